The molecule has 4 heterocycles. The number of nitrogens with zero attached hydrogens (tertiary/aromatic N) is 4. The highest BCUT2D eigenvalue weighted by Crippen LogP contribution is 2.28. The number of aliphatic hydroxyl groups is 1. The lowest BCUT2D eigenvalue weighted by molar-refractivity contribution is -0.135. The Morgan fingerprint density at radius 3 is 3.03 bits per heavy atom. The lowest BCUT2D eigenvalue weighted by Crippen LogP contribution is -2.38. The molecular formula is C22H22N4O4. The number of ether oxygens (including phenoxy) is 1. The maximum absolute atomic E-state index is 11.8. The number of likely N-dealkylation sites (tertiary alicyclic amines) is 1. The van der Waals surface area contributed by atoms with Gasteiger partial charge in [0.2, 0.25) is 11.8 Å². The topological polar surface area (TPSA) is 93.1 Å². The molecule has 0 aliphatic carbocycles. The molecule has 0 bridgehead atoms. The van der Waals surface area contributed by atoms with Crippen LogP contribution in [-0.2, 0) is 4.79 Å². The Kier molecular flexibility index (Phi) is 4.84. The number of hydrogen-bond donors (Lipinski definition) is 1. The second kappa shape index (κ2) is 7.79. The molecule has 1 amide bonds. The highest BCUT2D eigenvalue weighted by atomic mass is 16.5. The van der Waals surface area contributed by atoms with Crippen LogP contribution in [0.15, 0.2) is 53.1 Å². The Labute approximate surface area is 172 Å². The normalized spacial score (nSPS) is 16.6. The number of benzene rings is 1. The molecule has 30 heavy (non-hydrogen) atoms. The Hall–Kier alpha value is -3.39. The summed E-state index contributed by atoms with van der Waals surface area (Å²) in [6.07, 6.45) is 4.32. The fourth-order valence-electron chi connectivity index (χ4n) is 4.06. The lowest BCUT2D eigenvalue weighted by Gasteiger charge is -2.23. The number of furan rings is 1. The molecule has 1 N–H and O–H groups in total. The van der Waals surface area contributed by atoms with E-state index in [9.17, 15) is 4.79 Å². The van der Waals surface area contributed by atoms with Gasteiger partial charge in [0.25, 0.3) is 0 Å². The second-order valence-corrected chi connectivity index (χ2v) is 7.41. The van der Waals surface area contributed by atoms with Gasteiger partial charge >= 0.3 is 0 Å². The molecule has 1 aliphatic rings. The molecule has 1 unspecified atom stereocenters. The molecule has 1 fully saturated rings. The first-order valence-corrected chi connectivity index (χ1v) is 10.1. The lowest BCUT2D eigenvalue weighted by atomic mass is 10.1. The minimum atomic E-state index is -0.444. The Morgan fingerprint density at radius 1 is 1.27 bits per heavy atom. The minimum Gasteiger partial charge on any atom is -0.477 e. The standard InChI is InChI=1S/C22H22N4O4/c27-14-22(28)25-10-3-5-16(25)9-11-29-21-8-7-20-23-13-17(26(20)24-21)19-12-15-4-1-2-6-18(15)30-19/h1-2,4,6-8,12-13,16,27H,3,5,9-11,14H2. The van der Waals surface area contributed by atoms with Gasteiger partial charge in [0.15, 0.2) is 11.4 Å². The molecule has 1 aromatic carbocycles. The predicted molar refractivity (Wildman–Crippen MR) is 110 cm³/mol. The number of para-hydroxylation sites is 1. The van der Waals surface area contributed by atoms with Gasteiger partial charge in [-0.2, -0.15) is 0 Å². The summed E-state index contributed by atoms with van der Waals surface area (Å²) < 4.78 is 13.5. The predicted octanol–water partition coefficient (Wildman–Crippen LogP) is 2.89. The molecule has 154 valence electrons. The van der Waals surface area contributed by atoms with Crippen LogP contribution >= 0.6 is 0 Å². The van der Waals surface area contributed by atoms with Crippen molar-refractivity contribution >= 4 is 22.5 Å². The van der Waals surface area contributed by atoms with Crippen molar-refractivity contribution in [1.82, 2.24) is 19.5 Å². The van der Waals surface area contributed by atoms with E-state index in [4.69, 9.17) is 14.3 Å². The SMILES string of the molecule is O=C(CO)N1CCCC1CCOc1ccc2ncc(-c3cc4ccccc4o3)n2n1. The monoisotopic (exact) mass is 406 g/mol. The highest BCUT2D eigenvalue weighted by molar-refractivity contribution is 5.82. The smallest absolute Gasteiger partial charge is 0.248 e. The van der Waals surface area contributed by atoms with Crippen molar-refractivity contribution in [3.63, 3.8) is 0 Å². The van der Waals surface area contributed by atoms with Gasteiger partial charge in [-0.25, -0.2) is 9.50 Å². The van der Waals surface area contributed by atoms with E-state index >= 15 is 0 Å². The summed E-state index contributed by atoms with van der Waals surface area (Å²) in [6, 6.07) is 13.6. The van der Waals surface area contributed by atoms with E-state index in [1.807, 2.05) is 36.4 Å². The summed E-state index contributed by atoms with van der Waals surface area (Å²) in [6.45, 7) is 0.692. The zero-order valence-corrected chi connectivity index (χ0v) is 16.4. The molecule has 3 aromatic heterocycles. The molecular weight excluding hydrogens is 384 g/mol. The van der Waals surface area contributed by atoms with Crippen molar-refractivity contribution in [1.29, 1.82) is 0 Å². The summed E-state index contributed by atoms with van der Waals surface area (Å²) in [4.78, 5) is 18.0. The zero-order chi connectivity index (χ0) is 20.5. The van der Waals surface area contributed by atoms with Crippen molar-refractivity contribution in [3.8, 4) is 17.3 Å². The van der Waals surface area contributed by atoms with E-state index in [0.29, 0.717) is 36.9 Å². The van der Waals surface area contributed by atoms with Gasteiger partial charge in [-0.05, 0) is 31.0 Å². The van der Waals surface area contributed by atoms with Crippen LogP contribution in [0.3, 0.4) is 0 Å². The molecule has 8 nitrogen and oxygen atoms in total. The van der Waals surface area contributed by atoms with Crippen molar-refractivity contribution in [2.45, 2.75) is 25.3 Å². The van der Waals surface area contributed by atoms with Crippen LogP contribution in [0.1, 0.15) is 19.3 Å². The van der Waals surface area contributed by atoms with Gasteiger partial charge < -0.3 is 19.2 Å². The van der Waals surface area contributed by atoms with Gasteiger partial charge in [-0.1, -0.05) is 18.2 Å². The molecule has 1 aliphatic heterocycles. The summed E-state index contributed by atoms with van der Waals surface area (Å²) >= 11 is 0. The first-order valence-electron chi connectivity index (χ1n) is 10.1. The Balaban J connectivity index is 1.32. The third-order valence-corrected chi connectivity index (χ3v) is 5.55. The molecule has 5 rings (SSSR count). The van der Waals surface area contributed by atoms with Gasteiger partial charge in [-0.3, -0.25) is 4.79 Å². The third kappa shape index (κ3) is 3.39. The maximum Gasteiger partial charge on any atom is 0.248 e. The van der Waals surface area contributed by atoms with Gasteiger partial charge in [-0.15, -0.1) is 5.10 Å². The molecule has 0 spiro atoms. The highest BCUT2D eigenvalue weighted by Gasteiger charge is 2.27. The number of imidazole rings is 1. The van der Waals surface area contributed by atoms with E-state index < -0.39 is 6.61 Å². The summed E-state index contributed by atoms with van der Waals surface area (Å²) in [7, 11) is 0. The van der Waals surface area contributed by atoms with Gasteiger partial charge in [0.1, 0.15) is 17.9 Å². The molecule has 0 saturated carbocycles. The Morgan fingerprint density at radius 2 is 2.17 bits per heavy atom. The molecule has 8 heteroatoms. The summed E-state index contributed by atoms with van der Waals surface area (Å²) in [5.74, 6) is 0.958. The van der Waals surface area contributed by atoms with E-state index in [1.165, 1.54) is 0 Å². The maximum atomic E-state index is 11.8. The van der Waals surface area contributed by atoms with E-state index in [0.717, 1.165) is 29.5 Å². The number of carbonyl (C=O) groups excluding carboxylic acids is 1. The number of aliphatic hydroxyl groups excluding tert-OH is 1. The van der Waals surface area contributed by atoms with Crippen LogP contribution in [0.2, 0.25) is 0 Å². The van der Waals surface area contributed by atoms with Gasteiger partial charge in [0.05, 0.1) is 12.8 Å². The van der Waals surface area contributed by atoms with Crippen LogP contribution in [0.25, 0.3) is 28.1 Å². The average molecular weight is 406 g/mol. The Bertz CT molecular complexity index is 1170. The van der Waals surface area contributed by atoms with Crippen LogP contribution in [0.4, 0.5) is 0 Å². The molecule has 4 aromatic rings. The van der Waals surface area contributed by atoms with Crippen LogP contribution in [-0.4, -0.2) is 56.3 Å². The number of aromatic nitrogens is 3. The number of carbonyl (C=O) groups is 1. The largest absolute Gasteiger partial charge is 0.477 e. The molecule has 0 radical (unpaired) electrons. The van der Waals surface area contributed by atoms with Crippen molar-refractivity contribution < 1.29 is 19.1 Å². The molecule has 1 saturated heterocycles. The minimum absolute atomic E-state index is 0.104. The quantitative estimate of drug-likeness (QED) is 0.529. The van der Waals surface area contributed by atoms with Crippen LogP contribution in [0.5, 0.6) is 5.88 Å². The fourth-order valence-corrected chi connectivity index (χ4v) is 4.06. The first kappa shape index (κ1) is 18.6. The van der Waals surface area contributed by atoms with Crippen LogP contribution < -0.4 is 4.74 Å². The average Bonchev–Trinajstić information content (AvgIpc) is 3.50. The zero-order valence-electron chi connectivity index (χ0n) is 16.4. The number of hydrogen-bond acceptors (Lipinski definition) is 6. The number of rotatable bonds is 6. The third-order valence-electron chi connectivity index (χ3n) is 5.55. The van der Waals surface area contributed by atoms with E-state index in [1.54, 1.807) is 21.7 Å². The number of fused-ring (bicyclic) bond motifs is 2. The molecule has 1 atom stereocenters. The fraction of sp³-hybridized carbons (Fsp3) is 0.318. The van der Waals surface area contributed by atoms with E-state index in [2.05, 4.69) is 10.1 Å². The number of amides is 1. The van der Waals surface area contributed by atoms with Crippen molar-refractivity contribution in [2.24, 2.45) is 0 Å². The van der Waals surface area contributed by atoms with Gasteiger partial charge in [0, 0.05) is 30.5 Å². The van der Waals surface area contributed by atoms with Crippen molar-refractivity contribution in [2.75, 3.05) is 19.8 Å². The first-order chi connectivity index (χ1) is 14.7. The second-order valence-electron chi connectivity index (χ2n) is 7.41. The summed E-state index contributed by atoms with van der Waals surface area (Å²) in [5.41, 5.74) is 2.27. The van der Waals surface area contributed by atoms with Crippen LogP contribution in [0, 0.1) is 0 Å². The van der Waals surface area contributed by atoms with E-state index in [-0.39, 0.29) is 11.9 Å². The van der Waals surface area contributed by atoms with Crippen molar-refractivity contribution in [3.05, 3.63) is 48.7 Å². The summed E-state index contributed by atoms with van der Waals surface area (Å²) in [5, 5.41) is 14.7.